The summed E-state index contributed by atoms with van der Waals surface area (Å²) in [6.45, 7) is 2.40. The molecule has 0 fully saturated rings. The highest BCUT2D eigenvalue weighted by Crippen LogP contribution is 2.19. The van der Waals surface area contributed by atoms with Gasteiger partial charge in [-0.15, -0.1) is 0 Å². The van der Waals surface area contributed by atoms with Gasteiger partial charge in [-0.1, -0.05) is 0 Å². The number of carbonyl (C=O) groups is 1. The molecule has 5 nitrogen and oxygen atoms in total. The van der Waals surface area contributed by atoms with Crippen LogP contribution in [-0.2, 0) is 4.79 Å². The first-order chi connectivity index (χ1) is 8.56. The second kappa shape index (κ2) is 5.08. The van der Waals surface area contributed by atoms with Crippen LogP contribution in [0.2, 0.25) is 0 Å². The first-order valence-electron chi connectivity index (χ1n) is 5.90. The third-order valence-corrected chi connectivity index (χ3v) is 2.87. The smallest absolute Gasteiger partial charge is 0.408 e. The maximum atomic E-state index is 11.0. The zero-order valence-electron chi connectivity index (χ0n) is 10.5. The first kappa shape index (κ1) is 12.4. The number of H-pyrrole nitrogens is 1. The molecule has 0 saturated heterocycles. The molecule has 5 heteroatoms. The van der Waals surface area contributed by atoms with Crippen LogP contribution in [0.3, 0.4) is 0 Å². The monoisotopic (exact) mass is 248 g/mol. The predicted octanol–water partition coefficient (Wildman–Crippen LogP) is 1.93. The van der Waals surface area contributed by atoms with Crippen molar-refractivity contribution in [1.82, 2.24) is 4.98 Å². The van der Waals surface area contributed by atoms with Crippen LogP contribution in [0, 0.1) is 0 Å². The average molecular weight is 248 g/mol. The zero-order chi connectivity index (χ0) is 13.1. The number of rotatable bonds is 5. The van der Waals surface area contributed by atoms with Crippen LogP contribution < -0.4 is 10.7 Å². The van der Waals surface area contributed by atoms with Crippen molar-refractivity contribution < 1.29 is 9.21 Å². The van der Waals surface area contributed by atoms with Crippen molar-refractivity contribution in [2.24, 2.45) is 0 Å². The number of ketones is 1. The molecular formula is C13H16N2O3. The maximum Gasteiger partial charge on any atom is 0.417 e. The van der Waals surface area contributed by atoms with Gasteiger partial charge >= 0.3 is 5.76 Å². The lowest BCUT2D eigenvalue weighted by Crippen LogP contribution is -2.18. The number of hydrogen-bond donors (Lipinski definition) is 1. The highest BCUT2D eigenvalue weighted by atomic mass is 16.4. The fourth-order valence-electron chi connectivity index (χ4n) is 1.87. The van der Waals surface area contributed by atoms with E-state index in [9.17, 15) is 9.59 Å². The summed E-state index contributed by atoms with van der Waals surface area (Å²) in [6.07, 6.45) is 1.42. The Labute approximate surface area is 104 Å². The molecule has 1 aromatic heterocycles. The number of nitrogens with zero attached hydrogens (tertiary/aromatic N) is 1. The molecule has 1 heterocycles. The molecule has 96 valence electrons. The summed E-state index contributed by atoms with van der Waals surface area (Å²) in [5, 5.41) is 0. The number of carbonyl (C=O) groups excluding carboxylic acids is 1. The molecule has 0 saturated carbocycles. The summed E-state index contributed by atoms with van der Waals surface area (Å²) in [6, 6.07) is 5.53. The Balaban J connectivity index is 2.09. The Hall–Kier alpha value is -2.04. The molecule has 0 atom stereocenters. The molecule has 0 unspecified atom stereocenters. The van der Waals surface area contributed by atoms with Crippen LogP contribution in [0.25, 0.3) is 11.1 Å². The molecule has 0 radical (unpaired) electrons. The molecule has 2 rings (SSSR count). The van der Waals surface area contributed by atoms with Crippen LogP contribution >= 0.6 is 0 Å². The minimum Gasteiger partial charge on any atom is -0.408 e. The number of anilines is 1. The molecule has 0 aliphatic carbocycles. The third kappa shape index (κ3) is 2.80. The van der Waals surface area contributed by atoms with E-state index >= 15 is 0 Å². The van der Waals surface area contributed by atoms with E-state index in [0.29, 0.717) is 17.5 Å². The van der Waals surface area contributed by atoms with Gasteiger partial charge in [0.1, 0.15) is 5.78 Å². The number of oxazole rings is 1. The Morgan fingerprint density at radius 3 is 2.94 bits per heavy atom. The van der Waals surface area contributed by atoms with E-state index in [1.807, 2.05) is 24.1 Å². The molecule has 0 spiro atoms. The Bertz CT molecular complexity index is 612. The molecular weight excluding hydrogens is 232 g/mol. The lowest BCUT2D eigenvalue weighted by Gasteiger charge is -2.18. The van der Waals surface area contributed by atoms with Gasteiger partial charge in [0.25, 0.3) is 0 Å². The molecule has 0 aliphatic heterocycles. The van der Waals surface area contributed by atoms with Gasteiger partial charge in [-0.3, -0.25) is 4.98 Å². The topological polar surface area (TPSA) is 66.3 Å². The van der Waals surface area contributed by atoms with Crippen LogP contribution in [0.1, 0.15) is 19.8 Å². The lowest BCUT2D eigenvalue weighted by molar-refractivity contribution is -0.117. The molecule has 0 aliphatic rings. The Kier molecular flexibility index (Phi) is 3.50. The number of aromatic nitrogens is 1. The normalized spacial score (nSPS) is 10.8. The van der Waals surface area contributed by atoms with E-state index in [4.69, 9.17) is 4.42 Å². The van der Waals surface area contributed by atoms with Crippen molar-refractivity contribution in [3.63, 3.8) is 0 Å². The second-order valence-corrected chi connectivity index (χ2v) is 4.42. The van der Waals surface area contributed by atoms with E-state index in [1.165, 1.54) is 0 Å². The fraction of sp³-hybridized carbons (Fsp3) is 0.385. The van der Waals surface area contributed by atoms with Crippen molar-refractivity contribution in [3.8, 4) is 0 Å². The largest absolute Gasteiger partial charge is 0.417 e. The first-order valence-corrected chi connectivity index (χ1v) is 5.90. The fourth-order valence-corrected chi connectivity index (χ4v) is 1.87. The highest BCUT2D eigenvalue weighted by molar-refractivity contribution is 5.77. The minimum atomic E-state index is -0.443. The quantitative estimate of drug-likeness (QED) is 0.878. The van der Waals surface area contributed by atoms with Crippen LogP contribution in [-0.4, -0.2) is 24.4 Å². The molecule has 0 amide bonds. The number of benzene rings is 1. The molecule has 2 aromatic rings. The molecule has 18 heavy (non-hydrogen) atoms. The van der Waals surface area contributed by atoms with Crippen molar-refractivity contribution in [2.75, 3.05) is 18.5 Å². The minimum absolute atomic E-state index is 0.206. The molecule has 1 N–H and O–H groups in total. The number of aromatic amines is 1. The summed E-state index contributed by atoms with van der Waals surface area (Å²) >= 11 is 0. The molecule has 1 aromatic carbocycles. The molecule has 0 bridgehead atoms. The standard InChI is InChI=1S/C13H16N2O3/c1-9(16)4-3-7-15(2)10-5-6-12-11(8-10)14-13(17)18-12/h5-6,8H,3-4,7H2,1-2H3,(H,14,17). The van der Waals surface area contributed by atoms with Gasteiger partial charge in [-0.05, 0) is 31.5 Å². The zero-order valence-corrected chi connectivity index (χ0v) is 10.5. The van der Waals surface area contributed by atoms with E-state index in [0.717, 1.165) is 18.7 Å². The summed E-state index contributed by atoms with van der Waals surface area (Å²) in [5.74, 6) is -0.237. The van der Waals surface area contributed by atoms with Gasteiger partial charge < -0.3 is 14.1 Å². The Morgan fingerprint density at radius 1 is 1.44 bits per heavy atom. The van der Waals surface area contributed by atoms with Crippen molar-refractivity contribution >= 4 is 22.6 Å². The maximum absolute atomic E-state index is 11.0. The number of Topliss-reactive ketones (excluding diaryl/α,β-unsaturated/α-hetero) is 1. The van der Waals surface area contributed by atoms with E-state index in [2.05, 4.69) is 4.98 Å². The van der Waals surface area contributed by atoms with Gasteiger partial charge in [-0.25, -0.2) is 4.79 Å². The summed E-state index contributed by atoms with van der Waals surface area (Å²) in [4.78, 5) is 26.6. The average Bonchev–Trinajstić information content (AvgIpc) is 2.67. The van der Waals surface area contributed by atoms with Crippen molar-refractivity contribution in [2.45, 2.75) is 19.8 Å². The number of nitrogens with one attached hydrogen (secondary N) is 1. The van der Waals surface area contributed by atoms with Gasteiger partial charge in [-0.2, -0.15) is 0 Å². The van der Waals surface area contributed by atoms with E-state index < -0.39 is 5.76 Å². The van der Waals surface area contributed by atoms with Crippen LogP contribution in [0.5, 0.6) is 0 Å². The van der Waals surface area contributed by atoms with Gasteiger partial charge in [0.2, 0.25) is 0 Å². The van der Waals surface area contributed by atoms with Crippen molar-refractivity contribution in [3.05, 3.63) is 28.7 Å². The van der Waals surface area contributed by atoms with E-state index in [-0.39, 0.29) is 5.78 Å². The highest BCUT2D eigenvalue weighted by Gasteiger charge is 2.05. The summed E-state index contributed by atoms with van der Waals surface area (Å²) < 4.78 is 4.94. The Morgan fingerprint density at radius 2 is 2.22 bits per heavy atom. The second-order valence-electron chi connectivity index (χ2n) is 4.42. The lowest BCUT2D eigenvalue weighted by atomic mass is 10.2. The predicted molar refractivity (Wildman–Crippen MR) is 70.0 cm³/mol. The number of fused-ring (bicyclic) bond motifs is 1. The van der Waals surface area contributed by atoms with Crippen LogP contribution in [0.4, 0.5) is 5.69 Å². The van der Waals surface area contributed by atoms with Gasteiger partial charge in [0.05, 0.1) is 5.52 Å². The van der Waals surface area contributed by atoms with Gasteiger partial charge in [0.15, 0.2) is 5.58 Å². The third-order valence-electron chi connectivity index (χ3n) is 2.87. The van der Waals surface area contributed by atoms with Crippen molar-refractivity contribution in [1.29, 1.82) is 0 Å². The van der Waals surface area contributed by atoms with Gasteiger partial charge in [0, 0.05) is 25.7 Å². The SMILES string of the molecule is CC(=O)CCCN(C)c1ccc2oc(=O)[nH]c2c1. The van der Waals surface area contributed by atoms with Crippen LogP contribution in [0.15, 0.2) is 27.4 Å². The summed E-state index contributed by atoms with van der Waals surface area (Å²) in [7, 11) is 1.96. The van der Waals surface area contributed by atoms with E-state index in [1.54, 1.807) is 13.0 Å². The number of hydrogen-bond acceptors (Lipinski definition) is 4. The summed E-state index contributed by atoms with van der Waals surface area (Å²) in [5.41, 5.74) is 2.24.